The average Bonchev–Trinajstić information content (AvgIpc) is 2.69. The second-order valence-corrected chi connectivity index (χ2v) is 6.46. The highest BCUT2D eigenvalue weighted by atomic mass is 35.5. The zero-order valence-electron chi connectivity index (χ0n) is 14.5. The number of anilines is 2. The Morgan fingerprint density at radius 1 is 1.15 bits per heavy atom. The number of carbonyl (C=O) groups is 1. The Kier molecular flexibility index (Phi) is 5.83. The van der Waals surface area contributed by atoms with Crippen LogP contribution in [0.3, 0.4) is 0 Å². The molecule has 1 fully saturated rings. The minimum Gasteiger partial charge on any atom is -0.497 e. The van der Waals surface area contributed by atoms with Crippen molar-refractivity contribution in [3.05, 3.63) is 53.3 Å². The van der Waals surface area contributed by atoms with Gasteiger partial charge in [0.15, 0.2) is 0 Å². The summed E-state index contributed by atoms with van der Waals surface area (Å²) in [6.07, 6.45) is 0. The van der Waals surface area contributed by atoms with E-state index >= 15 is 0 Å². The molecule has 0 atom stereocenters. The maximum Gasteiger partial charge on any atom is 0.241 e. The summed E-state index contributed by atoms with van der Waals surface area (Å²) in [5.74, 6) is 0.368. The van der Waals surface area contributed by atoms with Gasteiger partial charge in [0.1, 0.15) is 11.6 Å². The fourth-order valence-electron chi connectivity index (χ4n) is 2.90. The van der Waals surface area contributed by atoms with Crippen molar-refractivity contribution < 1.29 is 13.9 Å². The second kappa shape index (κ2) is 8.27. The number of piperazine rings is 1. The molecular weight excluding hydrogens is 357 g/mol. The Labute approximate surface area is 157 Å². The highest BCUT2D eigenvalue weighted by Crippen LogP contribution is 2.21. The summed E-state index contributed by atoms with van der Waals surface area (Å²) in [4.78, 5) is 16.4. The Balaban J connectivity index is 1.49. The molecule has 26 heavy (non-hydrogen) atoms. The summed E-state index contributed by atoms with van der Waals surface area (Å²) in [5.41, 5.74) is 1.75. The average molecular weight is 378 g/mol. The lowest BCUT2D eigenvalue weighted by atomic mass is 10.2. The Morgan fingerprint density at radius 3 is 2.46 bits per heavy atom. The molecule has 0 aliphatic carbocycles. The summed E-state index contributed by atoms with van der Waals surface area (Å²) in [6, 6.07) is 12.2. The van der Waals surface area contributed by atoms with Crippen LogP contribution < -0.4 is 15.0 Å². The van der Waals surface area contributed by atoms with E-state index in [1.54, 1.807) is 13.2 Å². The van der Waals surface area contributed by atoms with Crippen LogP contribution in [-0.2, 0) is 4.79 Å². The second-order valence-electron chi connectivity index (χ2n) is 6.05. The lowest BCUT2D eigenvalue weighted by molar-refractivity contribution is -0.129. The predicted octanol–water partition coefficient (Wildman–Crippen LogP) is 3.25. The molecule has 0 bridgehead atoms. The van der Waals surface area contributed by atoms with Crippen molar-refractivity contribution in [1.82, 2.24) is 4.90 Å². The first-order valence-corrected chi connectivity index (χ1v) is 8.80. The van der Waals surface area contributed by atoms with Crippen molar-refractivity contribution >= 4 is 28.9 Å². The number of nitrogens with one attached hydrogen (secondary N) is 1. The summed E-state index contributed by atoms with van der Waals surface area (Å²) >= 11 is 5.75. The number of hydrogen-bond donors (Lipinski definition) is 1. The Bertz CT molecular complexity index is 762. The van der Waals surface area contributed by atoms with Gasteiger partial charge >= 0.3 is 0 Å². The largest absolute Gasteiger partial charge is 0.497 e. The van der Waals surface area contributed by atoms with Crippen LogP contribution in [0.2, 0.25) is 5.02 Å². The fraction of sp³-hybridized carbons (Fsp3) is 0.316. The molecule has 0 saturated carbocycles. The van der Waals surface area contributed by atoms with E-state index in [0.717, 1.165) is 24.5 Å². The van der Waals surface area contributed by atoms with Gasteiger partial charge in [-0.15, -0.1) is 0 Å². The predicted molar refractivity (Wildman–Crippen MR) is 102 cm³/mol. The van der Waals surface area contributed by atoms with Crippen LogP contribution in [0.5, 0.6) is 5.75 Å². The maximum absolute atomic E-state index is 13.2. The smallest absolute Gasteiger partial charge is 0.241 e. The van der Waals surface area contributed by atoms with Crippen molar-refractivity contribution in [2.45, 2.75) is 0 Å². The van der Waals surface area contributed by atoms with Gasteiger partial charge in [-0.1, -0.05) is 11.6 Å². The highest BCUT2D eigenvalue weighted by molar-refractivity contribution is 6.31. The van der Waals surface area contributed by atoms with Crippen molar-refractivity contribution in [2.24, 2.45) is 0 Å². The van der Waals surface area contributed by atoms with Crippen LogP contribution in [-0.4, -0.2) is 50.6 Å². The van der Waals surface area contributed by atoms with Gasteiger partial charge in [0.05, 0.1) is 18.7 Å². The number of halogens is 2. The molecule has 2 aromatic carbocycles. The van der Waals surface area contributed by atoms with E-state index in [1.807, 2.05) is 29.2 Å². The number of methoxy groups -OCH3 is 1. The molecule has 0 aromatic heterocycles. The third kappa shape index (κ3) is 4.38. The number of carbonyl (C=O) groups excluding carboxylic acids is 1. The minimum absolute atomic E-state index is 0.0137. The van der Waals surface area contributed by atoms with E-state index in [-0.39, 0.29) is 17.5 Å². The monoisotopic (exact) mass is 377 g/mol. The van der Waals surface area contributed by atoms with Gasteiger partial charge in [-0.05, 0) is 42.5 Å². The van der Waals surface area contributed by atoms with Gasteiger partial charge in [-0.2, -0.15) is 0 Å². The van der Waals surface area contributed by atoms with Gasteiger partial charge in [-0.25, -0.2) is 4.39 Å². The van der Waals surface area contributed by atoms with Gasteiger partial charge in [-0.3, -0.25) is 4.79 Å². The van der Waals surface area contributed by atoms with E-state index in [1.165, 1.54) is 12.1 Å². The van der Waals surface area contributed by atoms with Gasteiger partial charge < -0.3 is 19.9 Å². The molecule has 0 spiro atoms. The third-order valence-electron chi connectivity index (χ3n) is 4.43. The van der Waals surface area contributed by atoms with Gasteiger partial charge in [0.2, 0.25) is 5.91 Å². The van der Waals surface area contributed by atoms with E-state index in [4.69, 9.17) is 16.3 Å². The van der Waals surface area contributed by atoms with Crippen LogP contribution in [0.1, 0.15) is 0 Å². The zero-order valence-corrected chi connectivity index (χ0v) is 15.3. The van der Waals surface area contributed by atoms with Crippen molar-refractivity contribution in [3.8, 4) is 5.75 Å². The number of amides is 1. The van der Waals surface area contributed by atoms with Gasteiger partial charge in [0.25, 0.3) is 0 Å². The lowest BCUT2D eigenvalue weighted by Crippen LogP contribution is -2.50. The molecule has 1 aliphatic rings. The first-order valence-electron chi connectivity index (χ1n) is 8.42. The quantitative estimate of drug-likeness (QED) is 0.868. The van der Waals surface area contributed by atoms with Crippen LogP contribution in [0.4, 0.5) is 15.8 Å². The standard InChI is InChI=1S/C19H21ClFN3O2/c1-26-16-5-3-15(4-6-16)23-8-10-24(11-9-23)19(25)13-22-14-2-7-18(21)17(20)12-14/h2-7,12,22H,8-11,13H2,1H3. The fourth-order valence-corrected chi connectivity index (χ4v) is 3.08. The summed E-state index contributed by atoms with van der Waals surface area (Å²) in [5, 5.41) is 3.03. The van der Waals surface area contributed by atoms with Crippen molar-refractivity contribution in [3.63, 3.8) is 0 Å². The highest BCUT2D eigenvalue weighted by Gasteiger charge is 2.21. The molecule has 1 heterocycles. The van der Waals surface area contributed by atoms with Crippen LogP contribution in [0.15, 0.2) is 42.5 Å². The lowest BCUT2D eigenvalue weighted by Gasteiger charge is -2.36. The number of hydrogen-bond acceptors (Lipinski definition) is 4. The number of nitrogens with zero attached hydrogens (tertiary/aromatic N) is 2. The molecule has 0 unspecified atom stereocenters. The van der Waals surface area contributed by atoms with E-state index in [0.29, 0.717) is 18.8 Å². The molecule has 7 heteroatoms. The first-order chi connectivity index (χ1) is 12.6. The van der Waals surface area contributed by atoms with Crippen molar-refractivity contribution in [1.29, 1.82) is 0 Å². The Morgan fingerprint density at radius 2 is 1.85 bits per heavy atom. The summed E-state index contributed by atoms with van der Waals surface area (Å²) in [7, 11) is 1.65. The molecule has 3 rings (SSSR count). The summed E-state index contributed by atoms with van der Waals surface area (Å²) in [6.45, 7) is 3.04. The van der Waals surface area contributed by atoms with Crippen LogP contribution in [0.25, 0.3) is 0 Å². The number of rotatable bonds is 5. The SMILES string of the molecule is COc1ccc(N2CCN(C(=O)CNc3ccc(F)c(Cl)c3)CC2)cc1. The molecule has 138 valence electrons. The van der Waals surface area contributed by atoms with Gasteiger partial charge in [0, 0.05) is 37.6 Å². The molecule has 2 aromatic rings. The summed E-state index contributed by atoms with van der Waals surface area (Å²) < 4.78 is 18.3. The number of ether oxygens (including phenoxy) is 1. The molecule has 5 nitrogen and oxygen atoms in total. The number of benzene rings is 2. The normalized spacial score (nSPS) is 14.3. The maximum atomic E-state index is 13.2. The minimum atomic E-state index is -0.474. The molecule has 1 N–H and O–H groups in total. The zero-order chi connectivity index (χ0) is 18.5. The topological polar surface area (TPSA) is 44.8 Å². The van der Waals surface area contributed by atoms with E-state index < -0.39 is 5.82 Å². The Hall–Kier alpha value is -2.47. The molecule has 0 radical (unpaired) electrons. The molecule has 1 aliphatic heterocycles. The molecular formula is C19H21ClFN3O2. The first kappa shape index (κ1) is 18.3. The molecule has 1 amide bonds. The van der Waals surface area contributed by atoms with E-state index in [9.17, 15) is 9.18 Å². The molecule has 1 saturated heterocycles. The third-order valence-corrected chi connectivity index (χ3v) is 4.72. The van der Waals surface area contributed by atoms with E-state index in [2.05, 4.69) is 10.2 Å². The van der Waals surface area contributed by atoms with Crippen molar-refractivity contribution in [2.75, 3.05) is 50.1 Å². The van der Waals surface area contributed by atoms with Crippen LogP contribution >= 0.6 is 11.6 Å². The van der Waals surface area contributed by atoms with Crippen LogP contribution in [0, 0.1) is 5.82 Å².